The number of nitrogens with zero attached hydrogens (tertiary/aromatic N) is 1. The Kier molecular flexibility index (Phi) is 4.42. The Morgan fingerprint density at radius 1 is 1.25 bits per heavy atom. The second-order valence-corrected chi connectivity index (χ2v) is 5.23. The van der Waals surface area contributed by atoms with E-state index >= 15 is 0 Å². The molecular weight excluding hydrogens is 254 g/mol. The van der Waals surface area contributed by atoms with Crippen LogP contribution in [0.3, 0.4) is 0 Å². The SMILES string of the molecule is CCOC(=O)CCN(C)C(=O)C1(c2ccccc2)CC1. The summed E-state index contributed by atoms with van der Waals surface area (Å²) in [5, 5.41) is 0. The fourth-order valence-corrected chi connectivity index (χ4v) is 2.47. The van der Waals surface area contributed by atoms with Crippen molar-refractivity contribution in [2.24, 2.45) is 0 Å². The van der Waals surface area contributed by atoms with Crippen LogP contribution in [0, 0.1) is 0 Å². The Morgan fingerprint density at radius 2 is 1.90 bits per heavy atom. The fourth-order valence-electron chi connectivity index (χ4n) is 2.47. The number of hydrogen-bond acceptors (Lipinski definition) is 3. The van der Waals surface area contributed by atoms with Crippen molar-refractivity contribution in [3.63, 3.8) is 0 Å². The number of carbonyl (C=O) groups excluding carboxylic acids is 2. The van der Waals surface area contributed by atoms with Gasteiger partial charge >= 0.3 is 5.97 Å². The van der Waals surface area contributed by atoms with Crippen molar-refractivity contribution in [1.82, 2.24) is 4.90 Å². The van der Waals surface area contributed by atoms with Gasteiger partial charge in [-0.2, -0.15) is 0 Å². The molecule has 1 aliphatic rings. The van der Waals surface area contributed by atoms with Gasteiger partial charge in [0.05, 0.1) is 18.4 Å². The molecule has 2 rings (SSSR count). The van der Waals surface area contributed by atoms with Gasteiger partial charge in [-0.3, -0.25) is 9.59 Å². The number of rotatable bonds is 6. The van der Waals surface area contributed by atoms with Crippen LogP contribution in [0.4, 0.5) is 0 Å². The highest BCUT2D eigenvalue weighted by Crippen LogP contribution is 2.49. The molecule has 20 heavy (non-hydrogen) atoms. The molecule has 0 aromatic heterocycles. The first-order chi connectivity index (χ1) is 9.60. The van der Waals surface area contributed by atoms with Crippen LogP contribution in [-0.2, 0) is 19.7 Å². The molecule has 1 saturated carbocycles. The van der Waals surface area contributed by atoms with E-state index in [2.05, 4.69) is 0 Å². The smallest absolute Gasteiger partial charge is 0.307 e. The second-order valence-electron chi connectivity index (χ2n) is 5.23. The maximum Gasteiger partial charge on any atom is 0.307 e. The van der Waals surface area contributed by atoms with Gasteiger partial charge in [0, 0.05) is 13.6 Å². The lowest BCUT2D eigenvalue weighted by atomic mass is 9.94. The average Bonchev–Trinajstić information content (AvgIpc) is 3.27. The summed E-state index contributed by atoms with van der Waals surface area (Å²) in [7, 11) is 1.75. The van der Waals surface area contributed by atoms with Crippen molar-refractivity contribution in [1.29, 1.82) is 0 Å². The zero-order valence-corrected chi connectivity index (χ0v) is 12.1. The predicted octanol–water partition coefficient (Wildman–Crippen LogP) is 2.13. The molecule has 0 spiro atoms. The summed E-state index contributed by atoms with van der Waals surface area (Å²) in [6, 6.07) is 9.88. The van der Waals surface area contributed by atoms with Crippen LogP contribution in [0.2, 0.25) is 0 Å². The van der Waals surface area contributed by atoms with Gasteiger partial charge in [0.25, 0.3) is 0 Å². The zero-order valence-electron chi connectivity index (χ0n) is 12.1. The van der Waals surface area contributed by atoms with E-state index in [0.717, 1.165) is 18.4 Å². The van der Waals surface area contributed by atoms with Crippen molar-refractivity contribution in [2.45, 2.75) is 31.6 Å². The normalized spacial score (nSPS) is 15.5. The minimum Gasteiger partial charge on any atom is -0.466 e. The van der Waals surface area contributed by atoms with Crippen molar-refractivity contribution >= 4 is 11.9 Å². The van der Waals surface area contributed by atoms with Gasteiger partial charge < -0.3 is 9.64 Å². The van der Waals surface area contributed by atoms with Gasteiger partial charge in [-0.05, 0) is 25.3 Å². The minimum atomic E-state index is -0.356. The molecular formula is C16H21NO3. The van der Waals surface area contributed by atoms with Gasteiger partial charge in [0.2, 0.25) is 5.91 Å². The maximum atomic E-state index is 12.6. The van der Waals surface area contributed by atoms with Gasteiger partial charge in [-0.15, -0.1) is 0 Å². The number of amides is 1. The number of hydrogen-bond donors (Lipinski definition) is 0. The number of esters is 1. The molecule has 108 valence electrons. The van der Waals surface area contributed by atoms with Crippen LogP contribution in [0.25, 0.3) is 0 Å². The summed E-state index contributed by atoms with van der Waals surface area (Å²) < 4.78 is 4.88. The third kappa shape index (κ3) is 3.00. The average molecular weight is 275 g/mol. The molecule has 0 bridgehead atoms. The van der Waals surface area contributed by atoms with E-state index in [4.69, 9.17) is 4.74 Å². The number of carbonyl (C=O) groups is 2. The molecule has 1 aliphatic carbocycles. The number of likely N-dealkylation sites (N-methyl/N-ethyl adjacent to an activating group) is 1. The van der Waals surface area contributed by atoms with E-state index in [9.17, 15) is 9.59 Å². The highest BCUT2D eigenvalue weighted by atomic mass is 16.5. The van der Waals surface area contributed by atoms with Crippen LogP contribution in [0.15, 0.2) is 30.3 Å². The van der Waals surface area contributed by atoms with Crippen LogP contribution >= 0.6 is 0 Å². The monoisotopic (exact) mass is 275 g/mol. The molecule has 4 heteroatoms. The number of benzene rings is 1. The van der Waals surface area contributed by atoms with Gasteiger partial charge in [0.1, 0.15) is 0 Å². The second kappa shape index (κ2) is 6.07. The van der Waals surface area contributed by atoms with Crippen LogP contribution < -0.4 is 0 Å². The molecule has 0 saturated heterocycles. The molecule has 4 nitrogen and oxygen atoms in total. The first kappa shape index (κ1) is 14.6. The van der Waals surface area contributed by atoms with E-state index in [1.54, 1.807) is 18.9 Å². The zero-order chi connectivity index (χ0) is 14.6. The van der Waals surface area contributed by atoms with Gasteiger partial charge in [-0.25, -0.2) is 0 Å². The van der Waals surface area contributed by atoms with Crippen molar-refractivity contribution in [2.75, 3.05) is 20.2 Å². The summed E-state index contributed by atoms with van der Waals surface area (Å²) in [6.07, 6.45) is 2.03. The quantitative estimate of drug-likeness (QED) is 0.747. The standard InChI is InChI=1S/C16H21NO3/c1-3-20-14(18)9-12-17(2)15(19)16(10-11-16)13-7-5-4-6-8-13/h4-8H,3,9-12H2,1-2H3. The largest absolute Gasteiger partial charge is 0.466 e. The van der Waals surface area contributed by atoms with Crippen molar-refractivity contribution in [3.8, 4) is 0 Å². The summed E-state index contributed by atoms with van der Waals surface area (Å²) in [4.78, 5) is 25.6. The van der Waals surface area contributed by atoms with Crippen LogP contribution in [0.5, 0.6) is 0 Å². The van der Waals surface area contributed by atoms with E-state index < -0.39 is 0 Å². The van der Waals surface area contributed by atoms with E-state index in [0.29, 0.717) is 13.2 Å². The molecule has 0 heterocycles. The predicted molar refractivity (Wildman–Crippen MR) is 76.2 cm³/mol. The first-order valence-corrected chi connectivity index (χ1v) is 7.07. The lowest BCUT2D eigenvalue weighted by molar-refractivity contribution is -0.144. The molecule has 1 aromatic carbocycles. The summed E-state index contributed by atoms with van der Waals surface area (Å²) >= 11 is 0. The molecule has 0 N–H and O–H groups in total. The van der Waals surface area contributed by atoms with Crippen molar-refractivity contribution in [3.05, 3.63) is 35.9 Å². The molecule has 0 aliphatic heterocycles. The van der Waals surface area contributed by atoms with E-state index in [1.807, 2.05) is 30.3 Å². The summed E-state index contributed by atoms with van der Waals surface area (Å²) in [5.41, 5.74) is 0.720. The lowest BCUT2D eigenvalue weighted by Gasteiger charge is -2.23. The van der Waals surface area contributed by atoms with Gasteiger partial charge in [-0.1, -0.05) is 30.3 Å². The van der Waals surface area contributed by atoms with Crippen LogP contribution in [-0.4, -0.2) is 37.0 Å². The maximum absolute atomic E-state index is 12.6. The number of ether oxygens (including phenoxy) is 1. The Balaban J connectivity index is 1.96. The Labute approximate surface area is 119 Å². The molecule has 0 radical (unpaired) electrons. The molecule has 0 unspecified atom stereocenters. The molecule has 1 fully saturated rings. The Bertz CT molecular complexity index is 480. The highest BCUT2D eigenvalue weighted by Gasteiger charge is 2.52. The summed E-state index contributed by atoms with van der Waals surface area (Å²) in [5.74, 6) is -0.148. The van der Waals surface area contributed by atoms with E-state index in [1.165, 1.54) is 0 Å². The molecule has 1 amide bonds. The first-order valence-electron chi connectivity index (χ1n) is 7.07. The third-order valence-corrected chi connectivity index (χ3v) is 3.79. The summed E-state index contributed by atoms with van der Waals surface area (Å²) in [6.45, 7) is 2.57. The molecule has 1 aromatic rings. The van der Waals surface area contributed by atoms with E-state index in [-0.39, 0.29) is 23.7 Å². The minimum absolute atomic E-state index is 0.105. The Hall–Kier alpha value is -1.84. The van der Waals surface area contributed by atoms with Gasteiger partial charge in [0.15, 0.2) is 0 Å². The fraction of sp³-hybridized carbons (Fsp3) is 0.500. The Morgan fingerprint density at radius 3 is 2.45 bits per heavy atom. The van der Waals surface area contributed by atoms with Crippen LogP contribution in [0.1, 0.15) is 31.7 Å². The molecule has 0 atom stereocenters. The third-order valence-electron chi connectivity index (χ3n) is 3.79. The highest BCUT2D eigenvalue weighted by molar-refractivity contribution is 5.91. The van der Waals surface area contributed by atoms with Crippen molar-refractivity contribution < 1.29 is 14.3 Å². The lowest BCUT2D eigenvalue weighted by Crippen LogP contribution is -2.37. The topological polar surface area (TPSA) is 46.6 Å².